The number of esters is 1. The van der Waals surface area contributed by atoms with Crippen LogP contribution in [0.15, 0.2) is 12.2 Å². The fourth-order valence-electron chi connectivity index (χ4n) is 2.97. The van der Waals surface area contributed by atoms with Crippen molar-refractivity contribution in [1.82, 2.24) is 9.80 Å². The Morgan fingerprint density at radius 2 is 2.00 bits per heavy atom. The van der Waals surface area contributed by atoms with Crippen LogP contribution in [-0.4, -0.2) is 61.1 Å². The Morgan fingerprint density at radius 3 is 2.75 bits per heavy atom. The lowest BCUT2D eigenvalue weighted by molar-refractivity contribution is -0.140. The highest BCUT2D eigenvalue weighted by atomic mass is 16.5. The molecule has 0 amide bonds. The van der Waals surface area contributed by atoms with Crippen molar-refractivity contribution in [1.29, 1.82) is 0 Å². The van der Waals surface area contributed by atoms with E-state index in [1.54, 1.807) is 0 Å². The van der Waals surface area contributed by atoms with Gasteiger partial charge in [0.2, 0.25) is 0 Å². The van der Waals surface area contributed by atoms with E-state index in [1.807, 2.05) is 0 Å². The van der Waals surface area contributed by atoms with Crippen molar-refractivity contribution in [2.45, 2.75) is 18.6 Å². The zero-order valence-corrected chi connectivity index (χ0v) is 9.63. The van der Waals surface area contributed by atoms with Crippen LogP contribution in [0.25, 0.3) is 0 Å². The van der Waals surface area contributed by atoms with E-state index >= 15 is 0 Å². The Labute approximate surface area is 95.8 Å². The average Bonchev–Trinajstić information content (AvgIpc) is 2.78. The first-order valence-electron chi connectivity index (χ1n) is 6.04. The average molecular weight is 222 g/mol. The zero-order valence-electron chi connectivity index (χ0n) is 9.63. The number of hydrogen-bond donors (Lipinski definition) is 0. The van der Waals surface area contributed by atoms with Gasteiger partial charge >= 0.3 is 5.97 Å². The van der Waals surface area contributed by atoms with Crippen LogP contribution in [0.2, 0.25) is 0 Å². The Morgan fingerprint density at radius 1 is 1.25 bits per heavy atom. The molecule has 2 aliphatic heterocycles. The number of rotatable bonds is 1. The van der Waals surface area contributed by atoms with Crippen molar-refractivity contribution in [3.05, 3.63) is 12.2 Å². The largest absolute Gasteiger partial charge is 0.458 e. The van der Waals surface area contributed by atoms with Crippen LogP contribution in [0.3, 0.4) is 0 Å². The SMILES string of the molecule is CN1CCN([C@@H]2C=C[C@H]3OC(=O)C[C@@H]23)CC1. The smallest absolute Gasteiger partial charge is 0.306 e. The van der Waals surface area contributed by atoms with Gasteiger partial charge in [0.15, 0.2) is 0 Å². The van der Waals surface area contributed by atoms with Crippen molar-refractivity contribution in [3.63, 3.8) is 0 Å². The molecule has 0 bridgehead atoms. The summed E-state index contributed by atoms with van der Waals surface area (Å²) in [4.78, 5) is 16.1. The summed E-state index contributed by atoms with van der Waals surface area (Å²) < 4.78 is 5.26. The van der Waals surface area contributed by atoms with Crippen molar-refractivity contribution in [2.75, 3.05) is 33.2 Å². The maximum Gasteiger partial charge on any atom is 0.306 e. The molecule has 0 spiro atoms. The second-order valence-corrected chi connectivity index (χ2v) is 5.04. The molecule has 2 saturated heterocycles. The molecule has 0 N–H and O–H groups in total. The molecule has 3 atom stereocenters. The van der Waals surface area contributed by atoms with Crippen molar-refractivity contribution in [2.24, 2.45) is 5.92 Å². The Bertz CT molecular complexity index is 321. The van der Waals surface area contributed by atoms with Crippen LogP contribution >= 0.6 is 0 Å². The highest BCUT2D eigenvalue weighted by Gasteiger charge is 2.43. The van der Waals surface area contributed by atoms with Crippen LogP contribution in [0.4, 0.5) is 0 Å². The highest BCUT2D eigenvalue weighted by Crippen LogP contribution is 2.34. The summed E-state index contributed by atoms with van der Waals surface area (Å²) in [5, 5.41) is 0. The minimum atomic E-state index is -0.0292. The van der Waals surface area contributed by atoms with Gasteiger partial charge in [-0.05, 0) is 13.1 Å². The first-order valence-corrected chi connectivity index (χ1v) is 6.04. The molecule has 88 valence electrons. The summed E-state index contributed by atoms with van der Waals surface area (Å²) in [6, 6.07) is 0.421. The molecule has 1 aliphatic carbocycles. The lowest BCUT2D eigenvalue weighted by atomic mass is 9.97. The molecular formula is C12H18N2O2. The number of carbonyl (C=O) groups is 1. The van der Waals surface area contributed by atoms with Gasteiger partial charge in [-0.1, -0.05) is 6.08 Å². The molecular weight excluding hydrogens is 204 g/mol. The highest BCUT2D eigenvalue weighted by molar-refractivity contribution is 5.73. The Kier molecular flexibility index (Phi) is 2.48. The maximum absolute atomic E-state index is 11.3. The molecule has 3 aliphatic rings. The minimum absolute atomic E-state index is 0.0292. The fourth-order valence-corrected chi connectivity index (χ4v) is 2.97. The van der Waals surface area contributed by atoms with Gasteiger partial charge in [-0.25, -0.2) is 0 Å². The molecule has 0 aromatic rings. The number of piperazine rings is 1. The van der Waals surface area contributed by atoms with Crippen LogP contribution in [-0.2, 0) is 9.53 Å². The first kappa shape index (κ1) is 10.3. The third-order valence-corrected chi connectivity index (χ3v) is 3.99. The molecule has 0 saturated carbocycles. The molecule has 0 radical (unpaired) electrons. The van der Waals surface area contributed by atoms with Crippen LogP contribution in [0, 0.1) is 5.92 Å². The third-order valence-electron chi connectivity index (χ3n) is 3.99. The number of carbonyl (C=O) groups excluding carboxylic acids is 1. The van der Waals surface area contributed by atoms with E-state index in [0.717, 1.165) is 26.2 Å². The topological polar surface area (TPSA) is 32.8 Å². The van der Waals surface area contributed by atoms with E-state index < -0.39 is 0 Å². The number of ether oxygens (including phenoxy) is 1. The van der Waals surface area contributed by atoms with Crippen molar-refractivity contribution < 1.29 is 9.53 Å². The first-order chi connectivity index (χ1) is 7.74. The number of nitrogens with zero attached hydrogens (tertiary/aromatic N) is 2. The van der Waals surface area contributed by atoms with E-state index in [9.17, 15) is 4.79 Å². The van der Waals surface area contributed by atoms with Gasteiger partial charge in [0, 0.05) is 38.1 Å². The standard InChI is InChI=1S/C12H18N2O2/c1-13-4-6-14(7-5-13)10-2-3-11-9(10)8-12(15)16-11/h2-3,9-11H,4-8H2,1H3/t9-,10+,11+/m0/s1. The monoisotopic (exact) mass is 222 g/mol. The molecule has 16 heavy (non-hydrogen) atoms. The van der Waals surface area contributed by atoms with Crippen molar-refractivity contribution in [3.8, 4) is 0 Å². The van der Waals surface area contributed by atoms with Gasteiger partial charge in [-0.15, -0.1) is 0 Å². The molecule has 2 fully saturated rings. The van der Waals surface area contributed by atoms with Gasteiger partial charge in [-0.3, -0.25) is 9.69 Å². The van der Waals surface area contributed by atoms with Gasteiger partial charge in [0.05, 0.1) is 6.42 Å². The normalized spacial score (nSPS) is 40.1. The van der Waals surface area contributed by atoms with Gasteiger partial charge in [-0.2, -0.15) is 0 Å². The molecule has 0 unspecified atom stereocenters. The van der Waals surface area contributed by atoms with Gasteiger partial charge < -0.3 is 9.64 Å². The summed E-state index contributed by atoms with van der Waals surface area (Å²) >= 11 is 0. The van der Waals surface area contributed by atoms with E-state index in [4.69, 9.17) is 4.74 Å². The predicted molar refractivity (Wildman–Crippen MR) is 60.0 cm³/mol. The maximum atomic E-state index is 11.3. The lowest BCUT2D eigenvalue weighted by Crippen LogP contribution is -2.50. The molecule has 3 rings (SSSR count). The van der Waals surface area contributed by atoms with E-state index in [2.05, 4.69) is 29.0 Å². The summed E-state index contributed by atoms with van der Waals surface area (Å²) in [7, 11) is 2.16. The summed E-state index contributed by atoms with van der Waals surface area (Å²) in [6.07, 6.45) is 4.94. The van der Waals surface area contributed by atoms with E-state index in [1.165, 1.54) is 0 Å². The molecule has 4 heteroatoms. The molecule has 0 aromatic heterocycles. The minimum Gasteiger partial charge on any atom is -0.458 e. The zero-order chi connectivity index (χ0) is 11.1. The van der Waals surface area contributed by atoms with Gasteiger partial charge in [0.1, 0.15) is 6.10 Å². The van der Waals surface area contributed by atoms with Crippen LogP contribution in [0.5, 0.6) is 0 Å². The summed E-state index contributed by atoms with van der Waals surface area (Å²) in [5.74, 6) is 0.342. The van der Waals surface area contributed by atoms with Crippen LogP contribution < -0.4 is 0 Å². The second kappa shape index (κ2) is 3.86. The molecule has 0 aromatic carbocycles. The Hall–Kier alpha value is -0.870. The number of hydrogen-bond acceptors (Lipinski definition) is 4. The third kappa shape index (κ3) is 1.66. The summed E-state index contributed by atoms with van der Waals surface area (Å²) in [5.41, 5.74) is 0. The predicted octanol–water partition coefficient (Wildman–Crippen LogP) is 0.104. The van der Waals surface area contributed by atoms with E-state index in [0.29, 0.717) is 18.4 Å². The lowest BCUT2D eigenvalue weighted by Gasteiger charge is -2.37. The van der Waals surface area contributed by atoms with Crippen molar-refractivity contribution >= 4 is 5.97 Å². The quantitative estimate of drug-likeness (QED) is 0.465. The van der Waals surface area contributed by atoms with Gasteiger partial charge in [0.25, 0.3) is 0 Å². The second-order valence-electron chi connectivity index (χ2n) is 5.04. The fraction of sp³-hybridized carbons (Fsp3) is 0.750. The van der Waals surface area contributed by atoms with Crippen LogP contribution in [0.1, 0.15) is 6.42 Å². The van der Waals surface area contributed by atoms with E-state index in [-0.39, 0.29) is 12.1 Å². The Balaban J connectivity index is 1.67. The number of likely N-dealkylation sites (N-methyl/N-ethyl adjacent to an activating group) is 1. The molecule has 4 nitrogen and oxygen atoms in total. The number of fused-ring (bicyclic) bond motifs is 1. The summed E-state index contributed by atoms with van der Waals surface area (Å²) in [6.45, 7) is 4.44. The molecule has 2 heterocycles.